The van der Waals surface area contributed by atoms with Crippen molar-refractivity contribution in [3.8, 4) is 0 Å². The molecule has 0 radical (unpaired) electrons. The van der Waals surface area contributed by atoms with Crippen molar-refractivity contribution in [2.45, 2.75) is 69.9 Å². The smallest absolute Gasteiger partial charge is 0.113 e. The zero-order valence-corrected chi connectivity index (χ0v) is 12.1. The molecular formula is C15H24N2S. The molecule has 0 spiro atoms. The average Bonchev–Trinajstić information content (AvgIpc) is 3.08. The molecule has 2 unspecified atom stereocenters. The van der Waals surface area contributed by atoms with Crippen LogP contribution in [0.4, 0.5) is 0 Å². The number of hydrogen-bond donors (Lipinski definition) is 1. The second kappa shape index (κ2) is 5.30. The van der Waals surface area contributed by atoms with E-state index < -0.39 is 0 Å². The van der Waals surface area contributed by atoms with Crippen molar-refractivity contribution in [2.24, 2.45) is 5.92 Å². The number of hydrogen-bond acceptors (Lipinski definition) is 3. The highest BCUT2D eigenvalue weighted by Crippen LogP contribution is 2.41. The second-order valence-electron chi connectivity index (χ2n) is 6.04. The summed E-state index contributed by atoms with van der Waals surface area (Å²) in [4.78, 5) is 4.64. The van der Waals surface area contributed by atoms with Gasteiger partial charge >= 0.3 is 0 Å². The van der Waals surface area contributed by atoms with E-state index in [-0.39, 0.29) is 5.54 Å². The first kappa shape index (κ1) is 12.6. The van der Waals surface area contributed by atoms with Gasteiger partial charge in [0.15, 0.2) is 0 Å². The Morgan fingerprint density at radius 2 is 2.22 bits per heavy atom. The molecule has 1 N–H and O–H groups in total. The van der Waals surface area contributed by atoms with Crippen LogP contribution in [0.25, 0.3) is 0 Å². The van der Waals surface area contributed by atoms with Gasteiger partial charge in [-0.05, 0) is 38.0 Å². The summed E-state index contributed by atoms with van der Waals surface area (Å²) < 4.78 is 0. The summed E-state index contributed by atoms with van der Waals surface area (Å²) in [5.74, 6) is 0.938. The average molecular weight is 264 g/mol. The van der Waals surface area contributed by atoms with Gasteiger partial charge in [0.25, 0.3) is 0 Å². The van der Waals surface area contributed by atoms with Gasteiger partial charge in [-0.2, -0.15) is 0 Å². The SMILES string of the molecule is CCC1CCCC(NC2CC2)(c2nccs2)CC1. The molecule has 1 heterocycles. The summed E-state index contributed by atoms with van der Waals surface area (Å²) in [6.07, 6.45) is 12.8. The maximum Gasteiger partial charge on any atom is 0.113 e. The summed E-state index contributed by atoms with van der Waals surface area (Å²) >= 11 is 1.84. The van der Waals surface area contributed by atoms with E-state index in [9.17, 15) is 0 Å². The standard InChI is InChI=1S/C15H24N2S/c1-2-12-4-3-8-15(9-7-12,17-13-5-6-13)14-16-10-11-18-14/h10-13,17H,2-9H2,1H3. The van der Waals surface area contributed by atoms with Crippen LogP contribution in [0.5, 0.6) is 0 Å². The third-order valence-corrected chi connectivity index (χ3v) is 5.65. The van der Waals surface area contributed by atoms with Crippen LogP contribution in [0.15, 0.2) is 11.6 Å². The Morgan fingerprint density at radius 1 is 1.33 bits per heavy atom. The highest BCUT2D eigenvalue weighted by Gasteiger charge is 2.40. The Morgan fingerprint density at radius 3 is 2.89 bits per heavy atom. The van der Waals surface area contributed by atoms with Gasteiger partial charge in [0.2, 0.25) is 0 Å². The van der Waals surface area contributed by atoms with Crippen molar-refractivity contribution < 1.29 is 0 Å². The molecule has 0 amide bonds. The van der Waals surface area contributed by atoms with Gasteiger partial charge in [0.1, 0.15) is 5.01 Å². The molecule has 0 saturated heterocycles. The van der Waals surface area contributed by atoms with Crippen LogP contribution in [-0.4, -0.2) is 11.0 Å². The van der Waals surface area contributed by atoms with E-state index >= 15 is 0 Å². The molecule has 18 heavy (non-hydrogen) atoms. The lowest BCUT2D eigenvalue weighted by Gasteiger charge is -2.32. The van der Waals surface area contributed by atoms with E-state index in [1.807, 2.05) is 17.5 Å². The number of rotatable bonds is 4. The lowest BCUT2D eigenvalue weighted by atomic mass is 9.89. The molecule has 3 rings (SSSR count). The Kier molecular flexibility index (Phi) is 3.71. The largest absolute Gasteiger partial charge is 0.303 e. The molecule has 2 aliphatic rings. The maximum absolute atomic E-state index is 4.64. The van der Waals surface area contributed by atoms with Crippen LogP contribution < -0.4 is 5.32 Å². The van der Waals surface area contributed by atoms with Gasteiger partial charge < -0.3 is 5.32 Å². The Hall–Kier alpha value is -0.410. The molecule has 2 fully saturated rings. The highest BCUT2D eigenvalue weighted by molar-refractivity contribution is 7.09. The molecule has 2 aliphatic carbocycles. The fourth-order valence-electron chi connectivity index (χ4n) is 3.32. The van der Waals surface area contributed by atoms with Gasteiger partial charge in [-0.25, -0.2) is 4.98 Å². The molecule has 0 aromatic carbocycles. The minimum atomic E-state index is 0.208. The Balaban J connectivity index is 1.80. The summed E-state index contributed by atoms with van der Waals surface area (Å²) in [7, 11) is 0. The molecule has 0 bridgehead atoms. The van der Waals surface area contributed by atoms with Crippen LogP contribution in [0.1, 0.15) is 63.3 Å². The quantitative estimate of drug-likeness (QED) is 0.829. The van der Waals surface area contributed by atoms with Crippen LogP contribution in [-0.2, 0) is 5.54 Å². The van der Waals surface area contributed by atoms with Gasteiger partial charge in [0, 0.05) is 17.6 Å². The second-order valence-corrected chi connectivity index (χ2v) is 6.94. The van der Waals surface area contributed by atoms with Gasteiger partial charge in [-0.15, -0.1) is 11.3 Å². The summed E-state index contributed by atoms with van der Waals surface area (Å²) in [6.45, 7) is 2.34. The molecular weight excluding hydrogens is 240 g/mol. The first-order valence-electron chi connectivity index (χ1n) is 7.50. The molecule has 100 valence electrons. The number of nitrogens with one attached hydrogen (secondary N) is 1. The normalized spacial score (nSPS) is 33.3. The van der Waals surface area contributed by atoms with Crippen molar-refractivity contribution in [1.82, 2.24) is 10.3 Å². The molecule has 1 aromatic heterocycles. The summed E-state index contributed by atoms with van der Waals surface area (Å²) in [6, 6.07) is 0.770. The monoisotopic (exact) mass is 264 g/mol. The van der Waals surface area contributed by atoms with Crippen LogP contribution in [0.2, 0.25) is 0 Å². The number of thiazole rings is 1. The van der Waals surface area contributed by atoms with Crippen molar-refractivity contribution in [3.63, 3.8) is 0 Å². The van der Waals surface area contributed by atoms with Crippen molar-refractivity contribution in [2.75, 3.05) is 0 Å². The Bertz CT molecular complexity index is 372. The van der Waals surface area contributed by atoms with E-state index in [0.29, 0.717) is 0 Å². The third kappa shape index (κ3) is 2.62. The van der Waals surface area contributed by atoms with Crippen LogP contribution >= 0.6 is 11.3 Å². The molecule has 0 aliphatic heterocycles. The zero-order valence-electron chi connectivity index (χ0n) is 11.3. The zero-order chi connectivity index (χ0) is 12.4. The molecule has 3 heteroatoms. The maximum atomic E-state index is 4.64. The molecule has 2 atom stereocenters. The first-order chi connectivity index (χ1) is 8.82. The summed E-state index contributed by atoms with van der Waals surface area (Å²) in [5, 5.41) is 7.41. The topological polar surface area (TPSA) is 24.9 Å². The Labute approximate surface area is 114 Å². The van der Waals surface area contributed by atoms with E-state index in [1.165, 1.54) is 56.4 Å². The van der Waals surface area contributed by atoms with Gasteiger partial charge in [-0.3, -0.25) is 0 Å². The molecule has 1 aromatic rings. The first-order valence-corrected chi connectivity index (χ1v) is 8.38. The number of nitrogens with zero attached hydrogens (tertiary/aromatic N) is 1. The molecule has 2 saturated carbocycles. The van der Waals surface area contributed by atoms with Crippen molar-refractivity contribution in [1.29, 1.82) is 0 Å². The predicted octanol–water partition coefficient (Wildman–Crippen LogP) is 4.08. The highest BCUT2D eigenvalue weighted by atomic mass is 32.1. The fourth-order valence-corrected chi connectivity index (χ4v) is 4.18. The van der Waals surface area contributed by atoms with E-state index in [0.717, 1.165) is 12.0 Å². The number of aromatic nitrogens is 1. The van der Waals surface area contributed by atoms with E-state index in [4.69, 9.17) is 0 Å². The predicted molar refractivity (Wildman–Crippen MR) is 76.8 cm³/mol. The third-order valence-electron chi connectivity index (χ3n) is 4.67. The lowest BCUT2D eigenvalue weighted by Crippen LogP contribution is -2.43. The van der Waals surface area contributed by atoms with E-state index in [1.54, 1.807) is 0 Å². The minimum absolute atomic E-state index is 0.208. The fraction of sp³-hybridized carbons (Fsp3) is 0.800. The van der Waals surface area contributed by atoms with Crippen molar-refractivity contribution >= 4 is 11.3 Å². The van der Waals surface area contributed by atoms with Gasteiger partial charge in [-0.1, -0.05) is 26.2 Å². The summed E-state index contributed by atoms with van der Waals surface area (Å²) in [5.41, 5.74) is 0.208. The lowest BCUT2D eigenvalue weighted by molar-refractivity contribution is 0.280. The minimum Gasteiger partial charge on any atom is -0.303 e. The van der Waals surface area contributed by atoms with E-state index in [2.05, 4.69) is 22.6 Å². The van der Waals surface area contributed by atoms with Crippen molar-refractivity contribution in [3.05, 3.63) is 16.6 Å². The van der Waals surface area contributed by atoms with Crippen LogP contribution in [0, 0.1) is 5.92 Å². The van der Waals surface area contributed by atoms with Gasteiger partial charge in [0.05, 0.1) is 5.54 Å². The van der Waals surface area contributed by atoms with Crippen LogP contribution in [0.3, 0.4) is 0 Å². The molecule has 2 nitrogen and oxygen atoms in total.